The standard InChI is InChI=1S/C56H81N7O13/c1-7-10-36-74-49-43(64)21-30-61(33-39-71-4)46(49)53(68)57-27-16-24-56(60-52(67)42-19-14-13-15-20-42,25-17-28-58-54(69)47-50(75-37-11-8-2)44(65)22-31-62(47)34-40-72-5)26-18-29-59-55(70)48-51(76-38-12-9-3)45(66)23-32-63(48)35-41-73-6/h13-15,19-23,30-32H,7-12,16-18,24-29,33-41H2,1-6H3,(H,57,68)(H,58,69)(H,59,70)(H,60,67). The molecule has 0 atom stereocenters. The zero-order chi connectivity index (χ0) is 55.1. The van der Waals surface area contributed by atoms with Crippen LogP contribution in [-0.2, 0) is 33.8 Å². The Morgan fingerprint density at radius 3 is 1.08 bits per heavy atom. The Bertz CT molecular complexity index is 2380. The van der Waals surface area contributed by atoms with Crippen molar-refractivity contribution >= 4 is 23.6 Å². The molecule has 0 fully saturated rings. The van der Waals surface area contributed by atoms with Crippen LogP contribution in [0.15, 0.2) is 81.5 Å². The summed E-state index contributed by atoms with van der Waals surface area (Å²) in [4.78, 5) is 95.9. The predicted molar refractivity (Wildman–Crippen MR) is 290 cm³/mol. The molecule has 0 radical (unpaired) electrons. The normalized spacial score (nSPS) is 11.2. The summed E-state index contributed by atoms with van der Waals surface area (Å²) in [6.07, 6.45) is 11.2. The third-order valence-electron chi connectivity index (χ3n) is 12.7. The summed E-state index contributed by atoms with van der Waals surface area (Å²) < 4.78 is 38.5. The van der Waals surface area contributed by atoms with Gasteiger partial charge in [-0.25, -0.2) is 0 Å². The summed E-state index contributed by atoms with van der Waals surface area (Å²) in [5.74, 6) is -2.04. The summed E-state index contributed by atoms with van der Waals surface area (Å²) in [7, 11) is 4.64. The van der Waals surface area contributed by atoms with Crippen LogP contribution in [0.1, 0.15) is 140 Å². The topological polar surface area (TPSA) is 238 Å². The number of carbonyl (C=O) groups excluding carboxylic acids is 4. The molecule has 0 aliphatic heterocycles. The van der Waals surface area contributed by atoms with Gasteiger partial charge in [-0.15, -0.1) is 0 Å². The molecule has 418 valence electrons. The molecule has 3 aromatic heterocycles. The predicted octanol–water partition coefficient (Wildman–Crippen LogP) is 5.75. The molecule has 0 bridgehead atoms. The second kappa shape index (κ2) is 34.0. The molecular formula is C56H81N7O13. The molecule has 3 heterocycles. The molecule has 4 N–H and O–H groups in total. The molecule has 20 nitrogen and oxygen atoms in total. The van der Waals surface area contributed by atoms with Crippen LogP contribution in [0.5, 0.6) is 17.2 Å². The molecule has 20 heteroatoms. The van der Waals surface area contributed by atoms with E-state index >= 15 is 0 Å². The summed E-state index contributed by atoms with van der Waals surface area (Å²) >= 11 is 0. The molecule has 1 aromatic carbocycles. The number of carbonyl (C=O) groups is 4. The molecule has 76 heavy (non-hydrogen) atoms. The van der Waals surface area contributed by atoms with E-state index in [9.17, 15) is 33.6 Å². The van der Waals surface area contributed by atoms with Gasteiger partial charge in [0.15, 0.2) is 34.3 Å². The lowest BCUT2D eigenvalue weighted by Gasteiger charge is -2.36. The van der Waals surface area contributed by atoms with E-state index < -0.39 is 39.5 Å². The fraction of sp³-hybridized carbons (Fsp3) is 0.554. The first-order valence-corrected chi connectivity index (χ1v) is 26.7. The molecule has 0 spiro atoms. The highest BCUT2D eigenvalue weighted by Gasteiger charge is 2.32. The number of hydrogen-bond donors (Lipinski definition) is 4. The number of pyridine rings is 3. The van der Waals surface area contributed by atoms with Gasteiger partial charge in [0.25, 0.3) is 23.6 Å². The molecule has 0 aliphatic rings. The van der Waals surface area contributed by atoms with E-state index in [-0.39, 0.29) is 119 Å². The van der Waals surface area contributed by atoms with E-state index in [4.69, 9.17) is 28.4 Å². The van der Waals surface area contributed by atoms with Gasteiger partial charge in [0.1, 0.15) is 0 Å². The molecule has 0 saturated heterocycles. The van der Waals surface area contributed by atoms with Gasteiger partial charge < -0.3 is 63.4 Å². The smallest absolute Gasteiger partial charge is 0.271 e. The molecule has 4 rings (SSSR count). The average Bonchev–Trinajstić information content (AvgIpc) is 3.43. The number of hydrogen-bond acceptors (Lipinski definition) is 13. The third kappa shape index (κ3) is 19.1. The van der Waals surface area contributed by atoms with E-state index in [0.29, 0.717) is 63.4 Å². The van der Waals surface area contributed by atoms with Gasteiger partial charge in [0.05, 0.1) is 39.6 Å². The van der Waals surface area contributed by atoms with Crippen molar-refractivity contribution in [2.24, 2.45) is 0 Å². The van der Waals surface area contributed by atoms with Gasteiger partial charge >= 0.3 is 0 Å². The molecule has 4 amide bonds. The summed E-state index contributed by atoms with van der Waals surface area (Å²) in [5, 5.41) is 12.3. The number of methoxy groups -OCH3 is 3. The molecule has 0 aliphatic carbocycles. The highest BCUT2D eigenvalue weighted by atomic mass is 16.5. The fourth-order valence-electron chi connectivity index (χ4n) is 8.47. The quantitative estimate of drug-likeness (QED) is 0.0392. The number of aromatic nitrogens is 3. The first-order chi connectivity index (χ1) is 36.9. The van der Waals surface area contributed by atoms with Crippen LogP contribution in [0.3, 0.4) is 0 Å². The number of rotatable bonds is 38. The van der Waals surface area contributed by atoms with Crippen LogP contribution < -0.4 is 51.8 Å². The minimum Gasteiger partial charge on any atom is -0.487 e. The molecule has 0 unspecified atom stereocenters. The maximum absolute atomic E-state index is 14.3. The van der Waals surface area contributed by atoms with Crippen molar-refractivity contribution in [1.29, 1.82) is 0 Å². The van der Waals surface area contributed by atoms with E-state index in [2.05, 4.69) is 21.3 Å². The van der Waals surface area contributed by atoms with Crippen LogP contribution in [0.2, 0.25) is 0 Å². The maximum Gasteiger partial charge on any atom is 0.271 e. The second-order valence-electron chi connectivity index (χ2n) is 18.4. The number of nitrogens with one attached hydrogen (secondary N) is 4. The van der Waals surface area contributed by atoms with Crippen molar-refractivity contribution < 1.29 is 47.6 Å². The Balaban J connectivity index is 1.67. The molecule has 0 saturated carbocycles. The maximum atomic E-state index is 14.3. The van der Waals surface area contributed by atoms with Crippen LogP contribution in [0.25, 0.3) is 0 Å². The van der Waals surface area contributed by atoms with Gasteiger partial charge in [0.2, 0.25) is 16.3 Å². The van der Waals surface area contributed by atoms with Crippen molar-refractivity contribution in [3.8, 4) is 17.2 Å². The number of nitrogens with zero attached hydrogens (tertiary/aromatic N) is 3. The molecule has 4 aromatic rings. The van der Waals surface area contributed by atoms with Crippen LogP contribution >= 0.6 is 0 Å². The summed E-state index contributed by atoms with van der Waals surface area (Å²) in [6.45, 7) is 8.87. The summed E-state index contributed by atoms with van der Waals surface area (Å²) in [6, 6.07) is 12.8. The van der Waals surface area contributed by atoms with Crippen LogP contribution in [-0.4, -0.2) is 123 Å². The minimum atomic E-state index is -0.988. The van der Waals surface area contributed by atoms with E-state index in [1.165, 1.54) is 36.8 Å². The van der Waals surface area contributed by atoms with Crippen molar-refractivity contribution in [1.82, 2.24) is 35.0 Å². The largest absolute Gasteiger partial charge is 0.487 e. The SMILES string of the molecule is CCCCOc1c(C(=O)NCCCC(CCCNC(=O)c2c(OCCCC)c(=O)ccn2CCOC)(CCCNC(=O)c2c(OCCCC)c(=O)ccn2CCOC)NC(=O)c2ccccc2)n(CCOC)ccc1=O. The monoisotopic (exact) mass is 1060 g/mol. The lowest BCUT2D eigenvalue weighted by molar-refractivity contribution is 0.0855. The summed E-state index contributed by atoms with van der Waals surface area (Å²) in [5.41, 5.74) is -1.62. The highest BCUT2D eigenvalue weighted by molar-refractivity contribution is 5.97. The Hall–Kier alpha value is -6.77. The van der Waals surface area contributed by atoms with Gasteiger partial charge in [-0.2, -0.15) is 0 Å². The first-order valence-electron chi connectivity index (χ1n) is 26.7. The van der Waals surface area contributed by atoms with Crippen molar-refractivity contribution in [3.63, 3.8) is 0 Å². The van der Waals surface area contributed by atoms with E-state index in [1.54, 1.807) is 59.3 Å². The Kier molecular flexibility index (Phi) is 27.6. The third-order valence-corrected chi connectivity index (χ3v) is 12.7. The highest BCUT2D eigenvalue weighted by Crippen LogP contribution is 2.27. The number of benzene rings is 1. The Labute approximate surface area is 446 Å². The van der Waals surface area contributed by atoms with Gasteiger partial charge in [0, 0.05) is 108 Å². The number of amides is 4. The van der Waals surface area contributed by atoms with Gasteiger partial charge in [-0.05, 0) is 69.9 Å². The zero-order valence-electron chi connectivity index (χ0n) is 45.5. The van der Waals surface area contributed by atoms with Crippen LogP contribution in [0, 0.1) is 0 Å². The number of unbranched alkanes of at least 4 members (excludes halogenated alkanes) is 3. The van der Waals surface area contributed by atoms with Crippen LogP contribution in [0.4, 0.5) is 0 Å². The fourth-order valence-corrected chi connectivity index (χ4v) is 8.47. The van der Waals surface area contributed by atoms with Crippen molar-refractivity contribution in [2.45, 2.75) is 123 Å². The first kappa shape index (κ1) is 61.8. The average molecular weight is 1060 g/mol. The zero-order valence-corrected chi connectivity index (χ0v) is 45.5. The Morgan fingerprint density at radius 1 is 0.447 bits per heavy atom. The van der Waals surface area contributed by atoms with Gasteiger partial charge in [-0.3, -0.25) is 33.6 Å². The second-order valence-corrected chi connectivity index (χ2v) is 18.4. The van der Waals surface area contributed by atoms with E-state index in [0.717, 1.165) is 19.3 Å². The molecular weight excluding hydrogens is 979 g/mol. The van der Waals surface area contributed by atoms with Crippen molar-refractivity contribution in [3.05, 3.63) is 120 Å². The van der Waals surface area contributed by atoms with Crippen molar-refractivity contribution in [2.75, 3.05) is 80.6 Å². The van der Waals surface area contributed by atoms with Gasteiger partial charge in [-0.1, -0.05) is 58.2 Å². The Morgan fingerprint density at radius 2 is 0.776 bits per heavy atom. The van der Waals surface area contributed by atoms with E-state index in [1.807, 2.05) is 26.8 Å². The number of ether oxygens (including phenoxy) is 6. The lowest BCUT2D eigenvalue weighted by Crippen LogP contribution is -2.50. The lowest BCUT2D eigenvalue weighted by atomic mass is 9.83. The minimum absolute atomic E-state index is 0.0465.